The van der Waals surface area contributed by atoms with Crippen molar-refractivity contribution in [3.63, 3.8) is 0 Å². The highest BCUT2D eigenvalue weighted by molar-refractivity contribution is 9.10. The third-order valence-electron chi connectivity index (χ3n) is 3.62. The number of carboxylic acids is 1. The lowest BCUT2D eigenvalue weighted by Gasteiger charge is -2.42. The van der Waals surface area contributed by atoms with E-state index in [0.717, 1.165) is 19.3 Å². The molecular weight excluding hydrogens is 330 g/mol. The molecule has 1 aliphatic rings. The predicted molar refractivity (Wildman–Crippen MR) is 75.8 cm³/mol. The molecule has 0 amide bonds. The first-order valence-electron chi connectivity index (χ1n) is 6.14. The van der Waals surface area contributed by atoms with Crippen LogP contribution in [-0.4, -0.2) is 26.5 Å². The third-order valence-corrected chi connectivity index (χ3v) is 4.59. The fourth-order valence-corrected chi connectivity index (χ4v) is 2.74. The number of anilines is 1. The van der Waals surface area contributed by atoms with E-state index in [2.05, 4.69) is 26.2 Å². The van der Waals surface area contributed by atoms with Gasteiger partial charge in [-0.25, -0.2) is 4.98 Å². The van der Waals surface area contributed by atoms with Crippen molar-refractivity contribution in [2.75, 3.05) is 5.32 Å². The van der Waals surface area contributed by atoms with Crippen LogP contribution in [0.2, 0.25) is 0 Å². The van der Waals surface area contributed by atoms with Crippen molar-refractivity contribution in [1.29, 1.82) is 0 Å². The SMILES string of the molecule is Cc1c([N+](=O)[O-])cnc(NC2(CC(=O)O)CCC2)c1Br. The molecule has 108 valence electrons. The molecule has 0 spiro atoms. The molecule has 1 aromatic rings. The average Bonchev–Trinajstić information content (AvgIpc) is 2.31. The van der Waals surface area contributed by atoms with Gasteiger partial charge in [-0.3, -0.25) is 14.9 Å². The molecule has 0 aromatic carbocycles. The van der Waals surface area contributed by atoms with E-state index in [9.17, 15) is 14.9 Å². The predicted octanol–water partition coefficient (Wildman–Crippen LogP) is 2.87. The molecule has 0 saturated heterocycles. The number of rotatable bonds is 5. The van der Waals surface area contributed by atoms with Gasteiger partial charge in [0.2, 0.25) is 0 Å². The maximum atomic E-state index is 10.9. The summed E-state index contributed by atoms with van der Waals surface area (Å²) in [4.78, 5) is 25.3. The van der Waals surface area contributed by atoms with Crippen LogP contribution in [0.15, 0.2) is 10.7 Å². The van der Waals surface area contributed by atoms with Crippen molar-refractivity contribution < 1.29 is 14.8 Å². The van der Waals surface area contributed by atoms with Crippen molar-refractivity contribution in [2.45, 2.75) is 38.1 Å². The highest BCUT2D eigenvalue weighted by Crippen LogP contribution is 2.40. The Morgan fingerprint density at radius 1 is 1.65 bits per heavy atom. The quantitative estimate of drug-likeness (QED) is 0.628. The number of halogens is 1. The number of aromatic nitrogens is 1. The van der Waals surface area contributed by atoms with Crippen molar-refractivity contribution in [3.8, 4) is 0 Å². The zero-order valence-electron chi connectivity index (χ0n) is 10.9. The van der Waals surface area contributed by atoms with Gasteiger partial charge in [0, 0.05) is 11.1 Å². The van der Waals surface area contributed by atoms with Gasteiger partial charge in [0.1, 0.15) is 12.0 Å². The molecule has 1 aromatic heterocycles. The Kier molecular flexibility index (Phi) is 3.94. The zero-order valence-corrected chi connectivity index (χ0v) is 12.4. The molecule has 0 bridgehead atoms. The van der Waals surface area contributed by atoms with Crippen LogP contribution in [0.5, 0.6) is 0 Å². The molecular formula is C12H14BrN3O4. The maximum absolute atomic E-state index is 10.9. The van der Waals surface area contributed by atoms with E-state index in [-0.39, 0.29) is 12.1 Å². The maximum Gasteiger partial charge on any atom is 0.305 e. The highest BCUT2D eigenvalue weighted by atomic mass is 79.9. The van der Waals surface area contributed by atoms with Gasteiger partial charge in [-0.05, 0) is 42.1 Å². The molecule has 7 nitrogen and oxygen atoms in total. The number of hydrogen-bond donors (Lipinski definition) is 2. The van der Waals surface area contributed by atoms with E-state index < -0.39 is 16.4 Å². The molecule has 0 unspecified atom stereocenters. The van der Waals surface area contributed by atoms with Crippen LogP contribution in [0, 0.1) is 17.0 Å². The molecule has 0 aliphatic heterocycles. The van der Waals surface area contributed by atoms with Crippen LogP contribution in [0.4, 0.5) is 11.5 Å². The smallest absolute Gasteiger partial charge is 0.305 e. The summed E-state index contributed by atoms with van der Waals surface area (Å²) < 4.78 is 0.503. The van der Waals surface area contributed by atoms with E-state index in [4.69, 9.17) is 5.11 Å². The van der Waals surface area contributed by atoms with Gasteiger partial charge in [0.25, 0.3) is 5.69 Å². The Labute approximate surface area is 123 Å². The number of carbonyl (C=O) groups is 1. The molecule has 1 fully saturated rings. The minimum Gasteiger partial charge on any atom is -0.481 e. The van der Waals surface area contributed by atoms with Crippen LogP contribution in [-0.2, 0) is 4.79 Å². The second-order valence-corrected chi connectivity index (χ2v) is 5.81. The largest absolute Gasteiger partial charge is 0.481 e. The molecule has 1 heterocycles. The Morgan fingerprint density at radius 3 is 2.75 bits per heavy atom. The minimum absolute atomic E-state index is 0.0111. The Morgan fingerprint density at radius 2 is 2.30 bits per heavy atom. The normalized spacial score (nSPS) is 16.3. The molecule has 1 aliphatic carbocycles. The number of nitrogens with zero attached hydrogens (tertiary/aromatic N) is 2. The second kappa shape index (κ2) is 5.35. The summed E-state index contributed by atoms with van der Waals surface area (Å²) in [5.41, 5.74) is -0.0928. The van der Waals surface area contributed by atoms with E-state index in [1.54, 1.807) is 6.92 Å². The van der Waals surface area contributed by atoms with Gasteiger partial charge in [-0.2, -0.15) is 0 Å². The average molecular weight is 344 g/mol. The topological polar surface area (TPSA) is 105 Å². The lowest BCUT2D eigenvalue weighted by Crippen LogP contribution is -2.47. The summed E-state index contributed by atoms with van der Waals surface area (Å²) in [7, 11) is 0. The van der Waals surface area contributed by atoms with E-state index >= 15 is 0 Å². The van der Waals surface area contributed by atoms with Gasteiger partial charge in [0.15, 0.2) is 0 Å². The number of aliphatic carboxylic acids is 1. The number of nitro groups is 1. The second-order valence-electron chi connectivity index (χ2n) is 5.02. The van der Waals surface area contributed by atoms with Crippen LogP contribution >= 0.6 is 15.9 Å². The Bertz CT molecular complexity index is 572. The third kappa shape index (κ3) is 2.74. The lowest BCUT2D eigenvalue weighted by molar-refractivity contribution is -0.385. The molecule has 0 atom stereocenters. The van der Waals surface area contributed by atoms with Gasteiger partial charge < -0.3 is 10.4 Å². The van der Waals surface area contributed by atoms with Gasteiger partial charge >= 0.3 is 5.97 Å². The zero-order chi connectivity index (χ0) is 14.9. The minimum atomic E-state index is -0.869. The first-order chi connectivity index (χ1) is 9.34. The molecule has 0 radical (unpaired) electrons. The number of carboxylic acid groups (broad SMARTS) is 1. The van der Waals surface area contributed by atoms with Crippen LogP contribution in [0.25, 0.3) is 0 Å². The summed E-state index contributed by atoms with van der Waals surface area (Å²) in [6.07, 6.45) is 3.67. The van der Waals surface area contributed by atoms with Crippen molar-refractivity contribution in [2.24, 2.45) is 0 Å². The molecule has 1 saturated carbocycles. The first kappa shape index (κ1) is 14.7. The van der Waals surface area contributed by atoms with Crippen LogP contribution in [0.1, 0.15) is 31.2 Å². The summed E-state index contributed by atoms with van der Waals surface area (Å²) in [5.74, 6) is -0.416. The Balaban J connectivity index is 2.28. The van der Waals surface area contributed by atoms with E-state index in [1.165, 1.54) is 6.20 Å². The van der Waals surface area contributed by atoms with E-state index in [0.29, 0.717) is 15.9 Å². The van der Waals surface area contributed by atoms with Gasteiger partial charge in [-0.15, -0.1) is 0 Å². The molecule has 2 N–H and O–H groups in total. The number of hydrogen-bond acceptors (Lipinski definition) is 5. The number of nitrogens with one attached hydrogen (secondary N) is 1. The molecule has 8 heteroatoms. The Hall–Kier alpha value is -1.70. The highest BCUT2D eigenvalue weighted by Gasteiger charge is 2.40. The van der Waals surface area contributed by atoms with Gasteiger partial charge in [-0.1, -0.05) is 0 Å². The summed E-state index contributed by atoms with van der Waals surface area (Å²) >= 11 is 3.29. The monoisotopic (exact) mass is 343 g/mol. The lowest BCUT2D eigenvalue weighted by atomic mass is 9.74. The van der Waals surface area contributed by atoms with Crippen LogP contribution in [0.3, 0.4) is 0 Å². The standard InChI is InChI=1S/C12H14BrN3O4/c1-7-8(16(19)20)6-14-11(10(7)13)15-12(3-2-4-12)5-9(17)18/h6H,2-5H2,1H3,(H,14,15)(H,17,18). The summed E-state index contributed by atoms with van der Waals surface area (Å²) in [5, 5.41) is 22.9. The first-order valence-corrected chi connectivity index (χ1v) is 6.93. The van der Waals surface area contributed by atoms with Crippen molar-refractivity contribution in [1.82, 2.24) is 4.98 Å². The summed E-state index contributed by atoms with van der Waals surface area (Å²) in [6, 6.07) is 0. The van der Waals surface area contributed by atoms with E-state index in [1.807, 2.05) is 0 Å². The van der Waals surface area contributed by atoms with Gasteiger partial charge in [0.05, 0.1) is 15.8 Å². The van der Waals surface area contributed by atoms with Crippen molar-refractivity contribution >= 4 is 33.4 Å². The van der Waals surface area contributed by atoms with Crippen LogP contribution < -0.4 is 5.32 Å². The van der Waals surface area contributed by atoms with Crippen molar-refractivity contribution in [3.05, 3.63) is 26.3 Å². The summed E-state index contributed by atoms with van der Waals surface area (Å²) in [6.45, 7) is 1.62. The number of pyridine rings is 1. The molecule has 20 heavy (non-hydrogen) atoms. The fourth-order valence-electron chi connectivity index (χ4n) is 2.33. The fraction of sp³-hybridized carbons (Fsp3) is 0.500. The molecule has 2 rings (SSSR count).